The first-order valence-corrected chi connectivity index (χ1v) is 8.59. The number of nitrogens with one attached hydrogen (secondary N) is 1. The van der Waals surface area contributed by atoms with Crippen LogP contribution in [0.15, 0.2) is 48.8 Å². The molecule has 1 atom stereocenters. The van der Waals surface area contributed by atoms with Crippen molar-refractivity contribution in [2.75, 3.05) is 0 Å². The van der Waals surface area contributed by atoms with E-state index in [0.29, 0.717) is 24.5 Å². The van der Waals surface area contributed by atoms with Crippen LogP contribution in [-0.4, -0.2) is 27.7 Å². The molecule has 1 aromatic carbocycles. The molecular formula is C19H22ClN3O2. The molecule has 132 valence electrons. The first-order chi connectivity index (χ1) is 12.0. The number of rotatable bonds is 7. The first kappa shape index (κ1) is 18.9. The Kier molecular flexibility index (Phi) is 6.95. The second-order valence-corrected chi connectivity index (χ2v) is 6.19. The number of hydrogen-bond acceptors (Lipinski definition) is 3. The van der Waals surface area contributed by atoms with Crippen LogP contribution < -0.4 is 5.32 Å². The van der Waals surface area contributed by atoms with Gasteiger partial charge in [-0.15, -0.1) is 0 Å². The summed E-state index contributed by atoms with van der Waals surface area (Å²) in [5.74, 6) is -0.255. The fourth-order valence-electron chi connectivity index (χ4n) is 2.41. The van der Waals surface area contributed by atoms with Crippen molar-refractivity contribution in [3.8, 4) is 0 Å². The fraction of sp³-hybridized carbons (Fsp3) is 0.316. The molecule has 0 saturated heterocycles. The molecule has 0 spiro atoms. The molecule has 2 aromatic rings. The summed E-state index contributed by atoms with van der Waals surface area (Å²) in [6.07, 6.45) is 3.70. The molecule has 1 N–H and O–H groups in total. The third-order valence-electron chi connectivity index (χ3n) is 3.95. The van der Waals surface area contributed by atoms with Gasteiger partial charge in [0.2, 0.25) is 11.8 Å². The van der Waals surface area contributed by atoms with Crippen LogP contribution in [0.5, 0.6) is 0 Å². The predicted molar refractivity (Wildman–Crippen MR) is 97.8 cm³/mol. The predicted octanol–water partition coefficient (Wildman–Crippen LogP) is 3.18. The Hall–Kier alpha value is -2.40. The lowest BCUT2D eigenvalue weighted by molar-refractivity contribution is -0.140. The number of pyridine rings is 1. The molecule has 1 aromatic heterocycles. The molecule has 0 aliphatic carbocycles. The highest BCUT2D eigenvalue weighted by Gasteiger charge is 2.24. The van der Waals surface area contributed by atoms with Gasteiger partial charge in [-0.05, 0) is 42.3 Å². The SMILES string of the molecule is CCC(=O)N(Cc1ccc(Cl)cc1)[C@@H](C)C(=O)NCc1ccncc1. The molecule has 0 saturated carbocycles. The topological polar surface area (TPSA) is 62.3 Å². The van der Waals surface area contributed by atoms with E-state index >= 15 is 0 Å². The maximum atomic E-state index is 12.5. The minimum atomic E-state index is -0.565. The summed E-state index contributed by atoms with van der Waals surface area (Å²) in [5.41, 5.74) is 1.89. The van der Waals surface area contributed by atoms with E-state index in [0.717, 1.165) is 11.1 Å². The van der Waals surface area contributed by atoms with Crippen LogP contribution in [0.2, 0.25) is 5.02 Å². The monoisotopic (exact) mass is 359 g/mol. The molecule has 5 nitrogen and oxygen atoms in total. The molecule has 25 heavy (non-hydrogen) atoms. The van der Waals surface area contributed by atoms with Crippen LogP contribution >= 0.6 is 11.6 Å². The molecule has 1 heterocycles. The number of hydrogen-bond donors (Lipinski definition) is 1. The van der Waals surface area contributed by atoms with Gasteiger partial charge in [0.25, 0.3) is 0 Å². The molecule has 6 heteroatoms. The highest BCUT2D eigenvalue weighted by atomic mass is 35.5. The number of benzene rings is 1. The van der Waals surface area contributed by atoms with Crippen molar-refractivity contribution < 1.29 is 9.59 Å². The lowest BCUT2D eigenvalue weighted by atomic mass is 10.1. The Morgan fingerprint density at radius 1 is 1.12 bits per heavy atom. The highest BCUT2D eigenvalue weighted by Crippen LogP contribution is 2.14. The van der Waals surface area contributed by atoms with Crippen molar-refractivity contribution in [3.05, 3.63) is 64.9 Å². The molecule has 0 radical (unpaired) electrons. The fourth-order valence-corrected chi connectivity index (χ4v) is 2.54. The van der Waals surface area contributed by atoms with Gasteiger partial charge in [-0.2, -0.15) is 0 Å². The largest absolute Gasteiger partial charge is 0.350 e. The zero-order valence-electron chi connectivity index (χ0n) is 14.4. The van der Waals surface area contributed by atoms with Gasteiger partial charge in [0.1, 0.15) is 6.04 Å². The summed E-state index contributed by atoms with van der Waals surface area (Å²) in [6, 6.07) is 10.4. The minimum Gasteiger partial charge on any atom is -0.350 e. The maximum absolute atomic E-state index is 12.5. The molecule has 2 rings (SSSR count). The van der Waals surface area contributed by atoms with E-state index in [2.05, 4.69) is 10.3 Å². The zero-order chi connectivity index (χ0) is 18.2. The zero-order valence-corrected chi connectivity index (χ0v) is 15.2. The van der Waals surface area contributed by atoms with Gasteiger partial charge in [0.15, 0.2) is 0 Å². The van der Waals surface area contributed by atoms with E-state index in [1.807, 2.05) is 24.3 Å². The van der Waals surface area contributed by atoms with Crippen LogP contribution in [0.1, 0.15) is 31.4 Å². The number of amides is 2. The number of carbonyl (C=O) groups excluding carboxylic acids is 2. The standard InChI is InChI=1S/C19H22ClN3O2/c1-3-18(24)23(13-16-4-6-17(20)7-5-16)14(2)19(25)22-12-15-8-10-21-11-9-15/h4-11,14H,3,12-13H2,1-2H3,(H,22,25)/t14-/m0/s1. The lowest BCUT2D eigenvalue weighted by Gasteiger charge is -2.28. The number of aromatic nitrogens is 1. The van der Waals surface area contributed by atoms with Crippen molar-refractivity contribution in [2.45, 2.75) is 39.4 Å². The van der Waals surface area contributed by atoms with Gasteiger partial charge in [-0.1, -0.05) is 30.7 Å². The molecular weight excluding hydrogens is 338 g/mol. The Morgan fingerprint density at radius 2 is 1.76 bits per heavy atom. The van der Waals surface area contributed by atoms with E-state index in [9.17, 15) is 9.59 Å². The van der Waals surface area contributed by atoms with Gasteiger partial charge in [0, 0.05) is 36.9 Å². The van der Waals surface area contributed by atoms with E-state index in [1.54, 1.807) is 43.3 Å². The smallest absolute Gasteiger partial charge is 0.242 e. The van der Waals surface area contributed by atoms with E-state index < -0.39 is 6.04 Å². The summed E-state index contributed by atoms with van der Waals surface area (Å²) < 4.78 is 0. The molecule has 0 fully saturated rings. The Bertz CT molecular complexity index is 704. The summed E-state index contributed by atoms with van der Waals surface area (Å²) in [6.45, 7) is 4.30. The van der Waals surface area contributed by atoms with Crippen LogP contribution in [0.25, 0.3) is 0 Å². The number of halogens is 1. The maximum Gasteiger partial charge on any atom is 0.242 e. The lowest BCUT2D eigenvalue weighted by Crippen LogP contribution is -2.47. The molecule has 2 amide bonds. The van der Waals surface area contributed by atoms with E-state index in [-0.39, 0.29) is 11.8 Å². The Labute approximate surface area is 153 Å². The quantitative estimate of drug-likeness (QED) is 0.825. The van der Waals surface area contributed by atoms with Crippen LogP contribution in [-0.2, 0) is 22.7 Å². The van der Waals surface area contributed by atoms with Crippen LogP contribution in [0, 0.1) is 0 Å². The van der Waals surface area contributed by atoms with Crippen LogP contribution in [0.4, 0.5) is 0 Å². The highest BCUT2D eigenvalue weighted by molar-refractivity contribution is 6.30. The second kappa shape index (κ2) is 9.18. The van der Waals surface area contributed by atoms with Crippen molar-refractivity contribution in [1.29, 1.82) is 0 Å². The average molecular weight is 360 g/mol. The summed E-state index contributed by atoms with van der Waals surface area (Å²) in [7, 11) is 0. The van der Waals surface area contributed by atoms with Crippen molar-refractivity contribution in [3.63, 3.8) is 0 Å². The van der Waals surface area contributed by atoms with E-state index in [4.69, 9.17) is 11.6 Å². The summed E-state index contributed by atoms with van der Waals surface area (Å²) in [5, 5.41) is 3.51. The van der Waals surface area contributed by atoms with Gasteiger partial charge in [0.05, 0.1) is 0 Å². The van der Waals surface area contributed by atoms with Gasteiger partial charge < -0.3 is 10.2 Å². The normalized spacial score (nSPS) is 11.6. The molecule has 0 aliphatic heterocycles. The van der Waals surface area contributed by atoms with Gasteiger partial charge >= 0.3 is 0 Å². The van der Waals surface area contributed by atoms with Gasteiger partial charge in [-0.25, -0.2) is 0 Å². The minimum absolute atomic E-state index is 0.0680. The first-order valence-electron chi connectivity index (χ1n) is 8.21. The molecule has 0 unspecified atom stereocenters. The summed E-state index contributed by atoms with van der Waals surface area (Å²) in [4.78, 5) is 30.3. The van der Waals surface area contributed by atoms with Crippen LogP contribution in [0.3, 0.4) is 0 Å². The Balaban J connectivity index is 2.03. The number of nitrogens with zero attached hydrogens (tertiary/aromatic N) is 2. The molecule has 0 bridgehead atoms. The van der Waals surface area contributed by atoms with Gasteiger partial charge in [-0.3, -0.25) is 14.6 Å². The third kappa shape index (κ3) is 5.57. The third-order valence-corrected chi connectivity index (χ3v) is 4.20. The second-order valence-electron chi connectivity index (χ2n) is 5.75. The summed E-state index contributed by atoms with van der Waals surface area (Å²) >= 11 is 5.90. The number of carbonyl (C=O) groups is 2. The van der Waals surface area contributed by atoms with Crippen molar-refractivity contribution >= 4 is 23.4 Å². The average Bonchev–Trinajstić information content (AvgIpc) is 2.65. The van der Waals surface area contributed by atoms with Crippen molar-refractivity contribution in [1.82, 2.24) is 15.2 Å². The van der Waals surface area contributed by atoms with E-state index in [1.165, 1.54) is 0 Å². The van der Waals surface area contributed by atoms with Crippen molar-refractivity contribution in [2.24, 2.45) is 0 Å². The Morgan fingerprint density at radius 3 is 2.36 bits per heavy atom. The molecule has 0 aliphatic rings.